The van der Waals surface area contributed by atoms with Crippen LogP contribution in [0.5, 0.6) is 5.75 Å². The first-order chi connectivity index (χ1) is 12.0. The maximum absolute atomic E-state index is 12.8. The second-order valence-corrected chi connectivity index (χ2v) is 5.42. The van der Waals surface area contributed by atoms with E-state index in [4.69, 9.17) is 4.74 Å². The molecule has 6 nitrogen and oxygen atoms in total. The number of benzene rings is 2. The largest absolute Gasteiger partial charge is 0.497 e. The molecule has 0 atom stereocenters. The lowest BCUT2D eigenvalue weighted by molar-refractivity contribution is -0.116. The summed E-state index contributed by atoms with van der Waals surface area (Å²) in [7, 11) is 3.11. The normalized spacial score (nSPS) is 10.0. The maximum atomic E-state index is 12.8. The molecule has 2 N–H and O–H groups in total. The van der Waals surface area contributed by atoms with Gasteiger partial charge in [-0.15, -0.1) is 0 Å². The highest BCUT2D eigenvalue weighted by Gasteiger charge is 2.12. The van der Waals surface area contributed by atoms with Gasteiger partial charge in [0.15, 0.2) is 0 Å². The Hall–Kier alpha value is -3.09. The number of rotatable bonds is 6. The number of carbonyl (C=O) groups excluding carboxylic acids is 2. The van der Waals surface area contributed by atoms with Crippen LogP contribution >= 0.6 is 0 Å². The number of ether oxygens (including phenoxy) is 1. The van der Waals surface area contributed by atoms with Crippen molar-refractivity contribution >= 4 is 17.6 Å². The van der Waals surface area contributed by atoms with Gasteiger partial charge in [0.1, 0.15) is 18.1 Å². The molecule has 7 heteroatoms. The van der Waals surface area contributed by atoms with E-state index in [2.05, 4.69) is 10.6 Å². The highest BCUT2D eigenvalue weighted by atomic mass is 19.1. The Bertz CT molecular complexity index is 717. The van der Waals surface area contributed by atoms with Gasteiger partial charge in [-0.3, -0.25) is 4.79 Å². The van der Waals surface area contributed by atoms with E-state index in [-0.39, 0.29) is 24.3 Å². The van der Waals surface area contributed by atoms with Crippen molar-refractivity contribution < 1.29 is 18.7 Å². The zero-order chi connectivity index (χ0) is 18.2. The van der Waals surface area contributed by atoms with Gasteiger partial charge in [0.25, 0.3) is 0 Å². The van der Waals surface area contributed by atoms with Gasteiger partial charge < -0.3 is 20.3 Å². The fourth-order valence-electron chi connectivity index (χ4n) is 2.08. The molecule has 0 heterocycles. The fraction of sp³-hybridized carbons (Fsp3) is 0.222. The van der Waals surface area contributed by atoms with Crippen LogP contribution in [0, 0.1) is 5.82 Å². The van der Waals surface area contributed by atoms with Crippen LogP contribution in [0.2, 0.25) is 0 Å². The van der Waals surface area contributed by atoms with Crippen LogP contribution in [-0.4, -0.2) is 37.5 Å². The third kappa shape index (κ3) is 5.80. The lowest BCUT2D eigenvalue weighted by Gasteiger charge is -2.17. The van der Waals surface area contributed by atoms with Crippen molar-refractivity contribution in [2.45, 2.75) is 6.54 Å². The zero-order valence-corrected chi connectivity index (χ0v) is 14.1. The van der Waals surface area contributed by atoms with Crippen LogP contribution in [0.1, 0.15) is 5.56 Å². The number of halogens is 1. The van der Waals surface area contributed by atoms with Crippen LogP contribution < -0.4 is 15.4 Å². The molecule has 0 aliphatic heterocycles. The molecule has 0 unspecified atom stereocenters. The van der Waals surface area contributed by atoms with E-state index < -0.39 is 0 Å². The highest BCUT2D eigenvalue weighted by Crippen LogP contribution is 2.11. The van der Waals surface area contributed by atoms with Crippen LogP contribution in [0.3, 0.4) is 0 Å². The average molecular weight is 345 g/mol. The Morgan fingerprint density at radius 3 is 2.32 bits per heavy atom. The Morgan fingerprint density at radius 1 is 1.08 bits per heavy atom. The molecule has 0 saturated carbocycles. The number of hydrogen-bond donors (Lipinski definition) is 2. The minimum atomic E-state index is -0.381. The Labute approximate surface area is 145 Å². The van der Waals surface area contributed by atoms with Crippen molar-refractivity contribution in [1.82, 2.24) is 10.2 Å². The predicted molar refractivity (Wildman–Crippen MR) is 92.9 cm³/mol. The summed E-state index contributed by atoms with van der Waals surface area (Å²) in [5, 5.41) is 5.33. The van der Waals surface area contributed by atoms with Gasteiger partial charge in [0.05, 0.1) is 7.11 Å². The van der Waals surface area contributed by atoms with E-state index in [0.717, 1.165) is 11.3 Å². The van der Waals surface area contributed by atoms with Gasteiger partial charge in [0.2, 0.25) is 5.91 Å². The minimum Gasteiger partial charge on any atom is -0.497 e. The Morgan fingerprint density at radius 2 is 1.72 bits per heavy atom. The second kappa shape index (κ2) is 8.68. The fourth-order valence-corrected chi connectivity index (χ4v) is 2.08. The summed E-state index contributed by atoms with van der Waals surface area (Å²) in [5.74, 6) is -0.00797. The number of carbonyl (C=O) groups is 2. The first kappa shape index (κ1) is 18.3. The smallest absolute Gasteiger partial charge is 0.317 e. The number of nitrogens with one attached hydrogen (secondary N) is 2. The summed E-state index contributed by atoms with van der Waals surface area (Å²) < 4.78 is 17.9. The predicted octanol–water partition coefficient (Wildman–Crippen LogP) is 2.61. The van der Waals surface area contributed by atoms with E-state index in [1.807, 2.05) is 12.1 Å². The van der Waals surface area contributed by atoms with Gasteiger partial charge in [-0.2, -0.15) is 0 Å². The van der Waals surface area contributed by atoms with E-state index in [9.17, 15) is 14.0 Å². The van der Waals surface area contributed by atoms with Crippen molar-refractivity contribution in [2.75, 3.05) is 26.0 Å². The third-order valence-corrected chi connectivity index (χ3v) is 3.46. The van der Waals surface area contributed by atoms with Crippen molar-refractivity contribution in [3.05, 3.63) is 59.9 Å². The lowest BCUT2D eigenvalue weighted by Crippen LogP contribution is -2.41. The number of urea groups is 1. The van der Waals surface area contributed by atoms with Gasteiger partial charge in [-0.1, -0.05) is 12.1 Å². The summed E-state index contributed by atoms with van der Waals surface area (Å²) in [6.07, 6.45) is 0. The SMILES string of the molecule is COc1ccc(CNC(=O)N(C)CC(=O)Nc2ccc(F)cc2)cc1. The summed E-state index contributed by atoms with van der Waals surface area (Å²) in [4.78, 5) is 25.2. The lowest BCUT2D eigenvalue weighted by atomic mass is 10.2. The average Bonchev–Trinajstić information content (AvgIpc) is 2.62. The molecule has 0 aliphatic rings. The molecule has 0 aliphatic carbocycles. The second-order valence-electron chi connectivity index (χ2n) is 5.42. The first-order valence-electron chi connectivity index (χ1n) is 7.65. The minimum absolute atomic E-state index is 0.119. The van der Waals surface area contributed by atoms with Gasteiger partial charge in [-0.25, -0.2) is 9.18 Å². The summed E-state index contributed by atoms with van der Waals surface area (Å²) in [6, 6.07) is 12.4. The molecule has 0 aromatic heterocycles. The van der Waals surface area contributed by atoms with E-state index in [1.165, 1.54) is 36.2 Å². The number of nitrogens with zero attached hydrogens (tertiary/aromatic N) is 1. The number of hydrogen-bond acceptors (Lipinski definition) is 3. The monoisotopic (exact) mass is 345 g/mol. The molecular formula is C18H20FN3O3. The van der Waals surface area contributed by atoms with E-state index >= 15 is 0 Å². The molecular weight excluding hydrogens is 325 g/mol. The molecule has 2 rings (SSSR count). The number of likely N-dealkylation sites (N-methyl/N-ethyl adjacent to an activating group) is 1. The molecule has 0 bridgehead atoms. The van der Waals surface area contributed by atoms with Crippen molar-refractivity contribution in [3.8, 4) is 5.75 Å². The number of methoxy groups -OCH3 is 1. The molecule has 0 fully saturated rings. The number of anilines is 1. The van der Waals surface area contributed by atoms with Crippen LogP contribution in [0.4, 0.5) is 14.9 Å². The van der Waals surface area contributed by atoms with Crippen molar-refractivity contribution in [3.63, 3.8) is 0 Å². The molecule has 25 heavy (non-hydrogen) atoms. The Kier molecular flexibility index (Phi) is 6.33. The topological polar surface area (TPSA) is 70.7 Å². The van der Waals surface area contributed by atoms with Gasteiger partial charge in [-0.05, 0) is 42.0 Å². The van der Waals surface area contributed by atoms with Crippen LogP contribution in [-0.2, 0) is 11.3 Å². The summed E-state index contributed by atoms with van der Waals surface area (Å²) in [6.45, 7) is 0.221. The molecule has 0 radical (unpaired) electrons. The van der Waals surface area contributed by atoms with Crippen LogP contribution in [0.15, 0.2) is 48.5 Å². The molecule has 2 aromatic rings. The molecule has 2 aromatic carbocycles. The quantitative estimate of drug-likeness (QED) is 0.845. The maximum Gasteiger partial charge on any atom is 0.317 e. The molecule has 0 spiro atoms. The summed E-state index contributed by atoms with van der Waals surface area (Å²) in [5.41, 5.74) is 1.39. The first-order valence-corrected chi connectivity index (χ1v) is 7.65. The molecule has 132 valence electrons. The third-order valence-electron chi connectivity index (χ3n) is 3.46. The highest BCUT2D eigenvalue weighted by molar-refractivity contribution is 5.94. The van der Waals surface area contributed by atoms with Gasteiger partial charge >= 0.3 is 6.03 Å². The zero-order valence-electron chi connectivity index (χ0n) is 14.1. The molecule has 0 saturated heterocycles. The van der Waals surface area contributed by atoms with Crippen LogP contribution in [0.25, 0.3) is 0 Å². The van der Waals surface area contributed by atoms with Crippen molar-refractivity contribution in [1.29, 1.82) is 0 Å². The van der Waals surface area contributed by atoms with E-state index in [1.54, 1.807) is 19.2 Å². The van der Waals surface area contributed by atoms with E-state index in [0.29, 0.717) is 12.2 Å². The summed E-state index contributed by atoms with van der Waals surface area (Å²) >= 11 is 0. The van der Waals surface area contributed by atoms with Gasteiger partial charge in [0, 0.05) is 19.3 Å². The number of amides is 3. The molecule has 3 amide bonds. The van der Waals surface area contributed by atoms with Crippen molar-refractivity contribution in [2.24, 2.45) is 0 Å². The standard InChI is InChI=1S/C18H20FN3O3/c1-22(12-17(23)21-15-7-5-14(19)6-8-15)18(24)20-11-13-3-9-16(25-2)10-4-13/h3-10H,11-12H2,1-2H3,(H,20,24)(H,21,23). The Balaban J connectivity index is 1.78.